The number of pyridine rings is 1. The Labute approximate surface area is 132 Å². The van der Waals surface area contributed by atoms with E-state index in [9.17, 15) is 5.11 Å². The Morgan fingerprint density at radius 2 is 1.90 bits per heavy atom. The highest BCUT2D eigenvalue weighted by molar-refractivity contribution is 7.98. The van der Waals surface area contributed by atoms with E-state index in [0.29, 0.717) is 11.5 Å². The van der Waals surface area contributed by atoms with E-state index >= 15 is 0 Å². The van der Waals surface area contributed by atoms with Gasteiger partial charge in [0.1, 0.15) is 5.75 Å². The van der Waals surface area contributed by atoms with E-state index in [4.69, 9.17) is 0 Å². The molecule has 0 aliphatic carbocycles. The van der Waals surface area contributed by atoms with Crippen molar-refractivity contribution in [2.45, 2.75) is 10.6 Å². The van der Waals surface area contributed by atoms with E-state index < -0.39 is 0 Å². The third kappa shape index (κ3) is 3.21. The maximum atomic E-state index is 10.2. The second kappa shape index (κ2) is 6.32. The van der Waals surface area contributed by atoms with Gasteiger partial charge in [0.25, 0.3) is 0 Å². The van der Waals surface area contributed by atoms with Crippen LogP contribution in [0.4, 0.5) is 0 Å². The van der Waals surface area contributed by atoms with Crippen molar-refractivity contribution in [1.82, 2.24) is 4.98 Å². The molecule has 2 unspecified atom stereocenters. The van der Waals surface area contributed by atoms with Gasteiger partial charge in [-0.25, -0.2) is 0 Å². The second-order valence-electron chi connectivity index (χ2n) is 4.74. The first kappa shape index (κ1) is 14.8. The van der Waals surface area contributed by atoms with Crippen molar-refractivity contribution in [3.63, 3.8) is 0 Å². The van der Waals surface area contributed by atoms with Crippen molar-refractivity contribution >= 4 is 51.8 Å². The molecule has 0 spiro atoms. The van der Waals surface area contributed by atoms with E-state index in [-0.39, 0.29) is 0 Å². The first-order chi connectivity index (χ1) is 10.1. The number of rotatable bonds is 3. The van der Waals surface area contributed by atoms with Gasteiger partial charge in [-0.2, -0.15) is 0 Å². The number of hydrogen-bond acceptors (Lipinski definition) is 3. The molecule has 0 amide bonds. The van der Waals surface area contributed by atoms with Crippen LogP contribution in [0.15, 0.2) is 53.6 Å². The van der Waals surface area contributed by atoms with Crippen LogP contribution in [-0.2, 0) is 5.75 Å². The summed E-state index contributed by atoms with van der Waals surface area (Å²) in [6.07, 6.45) is 1.81. The largest absolute Gasteiger partial charge is 0.507 e. The van der Waals surface area contributed by atoms with Gasteiger partial charge in [-0.3, -0.25) is 4.98 Å². The highest BCUT2D eigenvalue weighted by atomic mass is 32.2. The number of nitrogens with zero attached hydrogens (tertiary/aromatic N) is 1. The van der Waals surface area contributed by atoms with Gasteiger partial charge in [0.2, 0.25) is 0 Å². The number of phenolic OH excluding ortho intramolecular Hbond substituents is 1. The molecule has 0 aliphatic rings. The SMILES string of the molecule is Oc1c(P)cc(P)cc1CSc1cccc2cccnc12. The quantitative estimate of drug-likeness (QED) is 0.591. The zero-order valence-corrected chi connectivity index (χ0v) is 14.4. The third-order valence-electron chi connectivity index (χ3n) is 3.22. The van der Waals surface area contributed by atoms with Gasteiger partial charge < -0.3 is 5.11 Å². The Bertz CT molecular complexity index is 802. The van der Waals surface area contributed by atoms with Crippen LogP contribution in [0.5, 0.6) is 5.75 Å². The topological polar surface area (TPSA) is 33.1 Å². The Morgan fingerprint density at radius 3 is 2.76 bits per heavy atom. The zero-order chi connectivity index (χ0) is 14.8. The molecular formula is C16H15NOP2S. The third-order valence-corrected chi connectivity index (χ3v) is 5.09. The Morgan fingerprint density at radius 1 is 1.10 bits per heavy atom. The summed E-state index contributed by atoms with van der Waals surface area (Å²) in [6, 6.07) is 14.1. The minimum absolute atomic E-state index is 0.354. The molecule has 21 heavy (non-hydrogen) atoms. The average Bonchev–Trinajstić information content (AvgIpc) is 2.49. The second-order valence-corrected chi connectivity index (χ2v) is 7.04. The summed E-state index contributed by atoms with van der Waals surface area (Å²) in [5.74, 6) is 1.07. The van der Waals surface area contributed by atoms with E-state index in [2.05, 4.69) is 41.7 Å². The van der Waals surface area contributed by atoms with Gasteiger partial charge in [-0.05, 0) is 29.6 Å². The van der Waals surface area contributed by atoms with E-state index in [1.807, 2.05) is 30.5 Å². The maximum absolute atomic E-state index is 10.2. The van der Waals surface area contributed by atoms with Crippen LogP contribution in [-0.4, -0.2) is 10.1 Å². The minimum Gasteiger partial charge on any atom is -0.507 e. The van der Waals surface area contributed by atoms with Gasteiger partial charge in [-0.1, -0.05) is 18.2 Å². The Balaban J connectivity index is 1.91. The number of fused-ring (bicyclic) bond motifs is 1. The molecule has 5 heteroatoms. The molecule has 1 aromatic heterocycles. The first-order valence-electron chi connectivity index (χ1n) is 6.48. The van der Waals surface area contributed by atoms with Crippen molar-refractivity contribution in [2.24, 2.45) is 0 Å². The van der Waals surface area contributed by atoms with Crippen LogP contribution in [0.2, 0.25) is 0 Å². The first-order valence-corrected chi connectivity index (χ1v) is 8.62. The fourth-order valence-electron chi connectivity index (χ4n) is 2.20. The lowest BCUT2D eigenvalue weighted by atomic mass is 10.2. The molecule has 0 saturated carbocycles. The fraction of sp³-hybridized carbons (Fsp3) is 0.0625. The number of phenols is 1. The predicted octanol–water partition coefficient (Wildman–Crippen LogP) is 3.23. The van der Waals surface area contributed by atoms with E-state index in [0.717, 1.165) is 32.0 Å². The summed E-state index contributed by atoms with van der Waals surface area (Å²) < 4.78 is 0. The van der Waals surface area contributed by atoms with E-state index in [1.54, 1.807) is 11.8 Å². The number of hydrogen-bond donors (Lipinski definition) is 1. The molecule has 1 heterocycles. The van der Waals surface area contributed by atoms with Crippen molar-refractivity contribution in [3.8, 4) is 5.75 Å². The van der Waals surface area contributed by atoms with Crippen LogP contribution in [0.25, 0.3) is 10.9 Å². The number of benzene rings is 2. The highest BCUT2D eigenvalue weighted by Gasteiger charge is 2.08. The van der Waals surface area contributed by atoms with Crippen LogP contribution >= 0.6 is 30.2 Å². The molecule has 0 saturated heterocycles. The predicted molar refractivity (Wildman–Crippen MR) is 98.1 cm³/mol. The van der Waals surface area contributed by atoms with Crippen LogP contribution in [0, 0.1) is 0 Å². The molecule has 0 radical (unpaired) electrons. The summed E-state index contributed by atoms with van der Waals surface area (Å²) in [4.78, 5) is 5.59. The van der Waals surface area contributed by atoms with Gasteiger partial charge in [-0.15, -0.1) is 30.2 Å². The molecule has 3 rings (SSSR count). The minimum atomic E-state index is 0.354. The molecule has 3 aromatic rings. The molecule has 106 valence electrons. The van der Waals surface area contributed by atoms with Crippen LogP contribution in [0.3, 0.4) is 0 Å². The van der Waals surface area contributed by atoms with Crippen molar-refractivity contribution in [1.29, 1.82) is 0 Å². The molecule has 2 nitrogen and oxygen atoms in total. The summed E-state index contributed by atoms with van der Waals surface area (Å²) >= 11 is 1.69. The average molecular weight is 331 g/mol. The van der Waals surface area contributed by atoms with Gasteiger partial charge >= 0.3 is 0 Å². The van der Waals surface area contributed by atoms with Gasteiger partial charge in [0, 0.05) is 33.1 Å². The highest BCUT2D eigenvalue weighted by Crippen LogP contribution is 2.31. The van der Waals surface area contributed by atoms with Crippen molar-refractivity contribution in [3.05, 3.63) is 54.2 Å². The summed E-state index contributed by atoms with van der Waals surface area (Å²) in [7, 11) is 5.25. The van der Waals surface area contributed by atoms with E-state index in [1.165, 1.54) is 0 Å². The lowest BCUT2D eigenvalue weighted by Gasteiger charge is -2.09. The molecule has 0 bridgehead atoms. The number of aromatic hydroxyl groups is 1. The Kier molecular flexibility index (Phi) is 4.45. The molecule has 0 aliphatic heterocycles. The summed E-state index contributed by atoms with van der Waals surface area (Å²) in [5, 5.41) is 13.2. The van der Waals surface area contributed by atoms with Crippen LogP contribution in [0.1, 0.15) is 5.56 Å². The molecule has 0 fully saturated rings. The lowest BCUT2D eigenvalue weighted by Crippen LogP contribution is -2.04. The standard InChI is InChI=1S/C16H15NOP2S/c18-16-11(7-12(19)8-13(16)20)9-21-14-5-1-3-10-4-2-6-17-15(10)14/h1-8,18H,9,19-20H2. The number of thioether (sulfide) groups is 1. The Hall–Kier alpha value is -1.14. The molecule has 1 N–H and O–H groups in total. The maximum Gasteiger partial charge on any atom is 0.126 e. The van der Waals surface area contributed by atoms with Gasteiger partial charge in [0.15, 0.2) is 0 Å². The summed E-state index contributed by atoms with van der Waals surface area (Å²) in [6.45, 7) is 0. The molecule has 2 atom stereocenters. The number of aromatic nitrogens is 1. The monoisotopic (exact) mass is 331 g/mol. The number of para-hydroxylation sites is 1. The summed E-state index contributed by atoms with van der Waals surface area (Å²) in [5.41, 5.74) is 1.95. The smallest absolute Gasteiger partial charge is 0.126 e. The lowest BCUT2D eigenvalue weighted by molar-refractivity contribution is 0.475. The normalized spacial score (nSPS) is 11.0. The zero-order valence-electron chi connectivity index (χ0n) is 11.3. The van der Waals surface area contributed by atoms with Gasteiger partial charge in [0.05, 0.1) is 5.52 Å². The van der Waals surface area contributed by atoms with Crippen molar-refractivity contribution in [2.75, 3.05) is 0 Å². The fourth-order valence-corrected chi connectivity index (χ4v) is 4.17. The molecular weight excluding hydrogens is 316 g/mol. The van der Waals surface area contributed by atoms with Crippen LogP contribution < -0.4 is 10.6 Å². The van der Waals surface area contributed by atoms with Crippen molar-refractivity contribution < 1.29 is 5.11 Å². The molecule has 2 aromatic carbocycles.